The Morgan fingerprint density at radius 1 is 1.08 bits per heavy atom. The highest BCUT2D eigenvalue weighted by molar-refractivity contribution is 6.29. The van der Waals surface area contributed by atoms with Gasteiger partial charge in [0.25, 0.3) is 0 Å². The number of nitrogen functional groups attached to an aromatic ring is 1. The first-order valence-corrected chi connectivity index (χ1v) is 12.9. The maximum atomic E-state index is 14.7. The van der Waals surface area contributed by atoms with Gasteiger partial charge in [-0.1, -0.05) is 38.0 Å². The normalized spacial score (nSPS) is 16.7. The van der Waals surface area contributed by atoms with E-state index in [1.807, 2.05) is 31.2 Å². The molecular weight excluding hydrogens is 495 g/mol. The Labute approximate surface area is 224 Å². The summed E-state index contributed by atoms with van der Waals surface area (Å²) in [6.45, 7) is 2.00. The van der Waals surface area contributed by atoms with Crippen LogP contribution in [-0.4, -0.2) is 28.8 Å². The Balaban J connectivity index is 1.60. The van der Waals surface area contributed by atoms with E-state index in [4.69, 9.17) is 10.5 Å². The average Bonchev–Trinajstić information content (AvgIpc) is 3.45. The van der Waals surface area contributed by atoms with E-state index in [1.165, 1.54) is 36.3 Å². The fourth-order valence-electron chi connectivity index (χ4n) is 5.75. The lowest BCUT2D eigenvalue weighted by atomic mass is 9.72. The number of hydrogen-bond acceptors (Lipinski definition) is 5. The zero-order valence-corrected chi connectivity index (χ0v) is 21.6. The maximum Gasteiger partial charge on any atom is 0.250 e. The number of aromatic nitrogens is 2. The Hall–Kier alpha value is -4.72. The molecule has 2 aromatic heterocycles. The topological polar surface area (TPSA) is 101 Å². The highest BCUT2D eigenvalue weighted by Crippen LogP contribution is 2.54. The van der Waals surface area contributed by atoms with Gasteiger partial charge in [-0.05, 0) is 55.0 Å². The van der Waals surface area contributed by atoms with Crippen molar-refractivity contribution in [2.45, 2.75) is 31.6 Å². The lowest BCUT2D eigenvalue weighted by Gasteiger charge is -2.28. The number of aromatic amines is 1. The van der Waals surface area contributed by atoms with Gasteiger partial charge in [0.2, 0.25) is 11.7 Å². The molecule has 0 saturated carbocycles. The Kier molecular flexibility index (Phi) is 5.83. The number of halogens is 1. The van der Waals surface area contributed by atoms with Crippen LogP contribution in [0.3, 0.4) is 0 Å². The molecule has 3 aromatic carbocycles. The lowest BCUT2D eigenvalue weighted by Crippen LogP contribution is -2.45. The van der Waals surface area contributed by atoms with Crippen molar-refractivity contribution in [1.29, 1.82) is 0 Å². The van der Waals surface area contributed by atoms with Crippen molar-refractivity contribution in [2.24, 2.45) is 0 Å². The molecule has 8 heteroatoms. The molecule has 1 aliphatic rings. The molecule has 1 aliphatic heterocycles. The van der Waals surface area contributed by atoms with Gasteiger partial charge >= 0.3 is 0 Å². The number of fused-ring (bicyclic) bond motifs is 4. The van der Waals surface area contributed by atoms with Gasteiger partial charge in [-0.3, -0.25) is 19.5 Å². The minimum absolute atomic E-state index is 0.172. The van der Waals surface area contributed by atoms with Crippen LogP contribution in [0.5, 0.6) is 5.75 Å². The molecule has 0 bridgehead atoms. The predicted molar refractivity (Wildman–Crippen MR) is 150 cm³/mol. The number of hydrogen-bond donors (Lipinski definition) is 2. The van der Waals surface area contributed by atoms with E-state index in [1.54, 1.807) is 24.4 Å². The number of benzene rings is 3. The molecule has 0 saturated heterocycles. The second-order valence-electron chi connectivity index (χ2n) is 9.82. The molecule has 1 unspecified atom stereocenters. The molecule has 6 rings (SSSR count). The van der Waals surface area contributed by atoms with Crippen molar-refractivity contribution in [3.05, 3.63) is 90.0 Å². The summed E-state index contributed by atoms with van der Waals surface area (Å²) in [4.78, 5) is 38.5. The van der Waals surface area contributed by atoms with E-state index in [0.29, 0.717) is 29.1 Å². The van der Waals surface area contributed by atoms with Crippen molar-refractivity contribution in [2.75, 3.05) is 17.7 Å². The number of carbonyl (C=O) groups is 2. The van der Waals surface area contributed by atoms with Crippen LogP contribution in [0.1, 0.15) is 42.2 Å². The number of nitrogens with two attached hydrogens (primary N) is 1. The first-order chi connectivity index (χ1) is 18.9. The third-order valence-electron chi connectivity index (χ3n) is 7.64. The average molecular weight is 523 g/mol. The number of nitrogens with one attached hydrogen (secondary N) is 1. The molecule has 7 nitrogen and oxygen atoms in total. The number of rotatable bonds is 7. The number of pyridine rings is 1. The summed E-state index contributed by atoms with van der Waals surface area (Å²) in [5, 5.41) is 1.80. The molecule has 1 atom stereocenters. The van der Waals surface area contributed by atoms with Gasteiger partial charge in [-0.2, -0.15) is 0 Å². The van der Waals surface area contributed by atoms with Crippen LogP contribution < -0.4 is 15.4 Å². The number of nitrogens with zero attached hydrogens (tertiary/aromatic N) is 2. The summed E-state index contributed by atoms with van der Waals surface area (Å²) in [5.41, 5.74) is 8.45. The molecule has 0 radical (unpaired) electrons. The number of methoxy groups -OCH3 is 1. The number of anilines is 3. The molecule has 0 fully saturated rings. The summed E-state index contributed by atoms with van der Waals surface area (Å²) in [7, 11) is 1.49. The molecule has 3 heterocycles. The van der Waals surface area contributed by atoms with Gasteiger partial charge in [-0.25, -0.2) is 4.39 Å². The summed E-state index contributed by atoms with van der Waals surface area (Å²) >= 11 is 0. The lowest BCUT2D eigenvalue weighted by molar-refractivity contribution is -0.121. The Morgan fingerprint density at radius 2 is 1.85 bits per heavy atom. The maximum absolute atomic E-state index is 14.7. The van der Waals surface area contributed by atoms with E-state index < -0.39 is 22.9 Å². The van der Waals surface area contributed by atoms with E-state index in [-0.39, 0.29) is 17.8 Å². The predicted octanol–water partition coefficient (Wildman–Crippen LogP) is 6.44. The van der Waals surface area contributed by atoms with Crippen LogP contribution in [0.25, 0.3) is 21.8 Å². The van der Waals surface area contributed by atoms with Gasteiger partial charge in [0.05, 0.1) is 30.2 Å². The molecule has 3 N–H and O–H groups in total. The van der Waals surface area contributed by atoms with Gasteiger partial charge in [-0.15, -0.1) is 0 Å². The summed E-state index contributed by atoms with van der Waals surface area (Å²) in [6, 6.07) is 18.6. The Bertz CT molecular complexity index is 1760. The quantitative estimate of drug-likeness (QED) is 0.146. The number of amides is 1. The number of Topliss-reactive ketones (excluding diaryl/α,β-unsaturated/α-hetero) is 1. The largest absolute Gasteiger partial charge is 0.495 e. The van der Waals surface area contributed by atoms with Crippen molar-refractivity contribution in [3.63, 3.8) is 0 Å². The molecule has 5 aromatic rings. The van der Waals surface area contributed by atoms with Crippen LogP contribution in [0, 0.1) is 5.82 Å². The summed E-state index contributed by atoms with van der Waals surface area (Å²) in [6.07, 6.45) is 3.22. The molecule has 196 valence electrons. The zero-order valence-electron chi connectivity index (χ0n) is 21.6. The van der Waals surface area contributed by atoms with Crippen LogP contribution >= 0.6 is 0 Å². The number of unbranched alkanes of at least 4 members (excludes halogenated alkanes) is 1. The summed E-state index contributed by atoms with van der Waals surface area (Å²) < 4.78 is 19.3. The van der Waals surface area contributed by atoms with Crippen LogP contribution in [0.2, 0.25) is 0 Å². The number of ketones is 1. The van der Waals surface area contributed by atoms with E-state index in [0.717, 1.165) is 28.2 Å². The first kappa shape index (κ1) is 24.6. The molecule has 39 heavy (non-hydrogen) atoms. The number of para-hydroxylation sites is 1. The van der Waals surface area contributed by atoms with Crippen LogP contribution in [0.15, 0.2) is 72.9 Å². The second kappa shape index (κ2) is 9.23. The van der Waals surface area contributed by atoms with E-state index in [9.17, 15) is 14.0 Å². The number of ether oxygens (including phenoxy) is 1. The first-order valence-electron chi connectivity index (χ1n) is 12.9. The number of H-pyrrole nitrogens is 1. The van der Waals surface area contributed by atoms with Gasteiger partial charge in [0, 0.05) is 27.5 Å². The minimum atomic E-state index is -1.63. The minimum Gasteiger partial charge on any atom is -0.495 e. The van der Waals surface area contributed by atoms with Gasteiger partial charge in [0.15, 0.2) is 0 Å². The highest BCUT2D eigenvalue weighted by atomic mass is 19.1. The fourth-order valence-corrected chi connectivity index (χ4v) is 5.75. The second-order valence-corrected chi connectivity index (χ2v) is 9.82. The smallest absolute Gasteiger partial charge is 0.250 e. The van der Waals surface area contributed by atoms with Gasteiger partial charge in [0.1, 0.15) is 22.7 Å². The molecule has 1 amide bonds. The third kappa shape index (κ3) is 3.59. The fraction of sp³-hybridized carbons (Fsp3) is 0.194. The van der Waals surface area contributed by atoms with Crippen molar-refractivity contribution < 1.29 is 18.7 Å². The van der Waals surface area contributed by atoms with E-state index in [2.05, 4.69) is 9.97 Å². The van der Waals surface area contributed by atoms with Crippen molar-refractivity contribution in [3.8, 4) is 5.75 Å². The molecular formula is C31H27FN4O3. The van der Waals surface area contributed by atoms with Crippen LogP contribution in [0.4, 0.5) is 21.5 Å². The number of carbonyl (C=O) groups excluding carboxylic acids is 2. The molecule has 0 aliphatic carbocycles. The SMILES string of the molecule is CCCCC1(C(=O)c2cc3c(cn2)[nH]c2ccccc23)C(=O)N(c2ccc(F)cc2)c2ccc(OC)c(N)c21. The van der Waals surface area contributed by atoms with Crippen LogP contribution in [-0.2, 0) is 10.2 Å². The van der Waals surface area contributed by atoms with E-state index >= 15 is 0 Å². The Morgan fingerprint density at radius 3 is 2.59 bits per heavy atom. The monoisotopic (exact) mass is 522 g/mol. The van der Waals surface area contributed by atoms with Crippen molar-refractivity contribution in [1.82, 2.24) is 9.97 Å². The zero-order chi connectivity index (χ0) is 27.3. The van der Waals surface area contributed by atoms with Crippen molar-refractivity contribution >= 4 is 50.6 Å². The summed E-state index contributed by atoms with van der Waals surface area (Å²) in [5.74, 6) is -0.928. The third-order valence-corrected chi connectivity index (χ3v) is 7.64. The van der Waals surface area contributed by atoms with Gasteiger partial charge < -0.3 is 15.5 Å². The standard InChI is InChI=1S/C31H27FN4O3/c1-3-4-15-31(29(37)23-16-21-20-7-5-6-8-22(20)35-24(21)17-34-23)27-25(13-14-26(39-2)28(27)33)36(30(31)38)19-11-9-18(32)10-12-19/h5-14,16-17,35H,3-4,15,33H2,1-2H3. The highest BCUT2D eigenvalue weighted by Gasteiger charge is 2.58. The molecule has 0 spiro atoms.